The second-order valence-electron chi connectivity index (χ2n) is 5.28. The molecule has 18 heavy (non-hydrogen) atoms. The summed E-state index contributed by atoms with van der Waals surface area (Å²) in [6.45, 7) is 5.80. The molecule has 1 atom stereocenters. The van der Waals surface area contributed by atoms with Gasteiger partial charge < -0.3 is 20.3 Å². The minimum absolute atomic E-state index is 0.200. The molecule has 1 fully saturated rings. The lowest BCUT2D eigenvalue weighted by Gasteiger charge is -2.35. The highest BCUT2D eigenvalue weighted by Crippen LogP contribution is 2.31. The molecule has 5 nitrogen and oxygen atoms in total. The first kappa shape index (κ1) is 15.4. The molecule has 0 amide bonds. The van der Waals surface area contributed by atoms with Crippen LogP contribution in [0.3, 0.4) is 0 Å². The van der Waals surface area contributed by atoms with Gasteiger partial charge in [0.1, 0.15) is 0 Å². The van der Waals surface area contributed by atoms with Crippen molar-refractivity contribution < 1.29 is 19.7 Å². The van der Waals surface area contributed by atoms with E-state index in [1.165, 1.54) is 0 Å². The highest BCUT2D eigenvalue weighted by molar-refractivity contribution is 5.70. The number of aliphatic carboxylic acids is 1. The molecule has 0 spiro atoms. The summed E-state index contributed by atoms with van der Waals surface area (Å²) >= 11 is 0. The van der Waals surface area contributed by atoms with Crippen LogP contribution in [0.15, 0.2) is 0 Å². The van der Waals surface area contributed by atoms with E-state index in [0.717, 1.165) is 0 Å². The quantitative estimate of drug-likeness (QED) is 0.636. The standard InChI is InChI=1S/C13H25NO4/c1-3-18-8-10(2)14-9-13(17)6-4-11(5-7-13)12(15)16/h10-11,14,17H,3-9H2,1-2H3,(H,15,16). The molecule has 1 saturated carbocycles. The number of hydrogen-bond donors (Lipinski definition) is 3. The lowest BCUT2D eigenvalue weighted by Crippen LogP contribution is -2.47. The second-order valence-corrected chi connectivity index (χ2v) is 5.28. The Bertz CT molecular complexity index is 262. The second kappa shape index (κ2) is 7.07. The maximum absolute atomic E-state index is 10.8. The zero-order valence-corrected chi connectivity index (χ0v) is 11.3. The third-order valence-corrected chi connectivity index (χ3v) is 3.62. The molecule has 1 aliphatic rings. The third-order valence-electron chi connectivity index (χ3n) is 3.62. The van der Waals surface area contributed by atoms with Gasteiger partial charge in [-0.3, -0.25) is 4.79 Å². The monoisotopic (exact) mass is 259 g/mol. The number of carboxylic acids is 1. The summed E-state index contributed by atoms with van der Waals surface area (Å²) in [4.78, 5) is 10.8. The van der Waals surface area contributed by atoms with Crippen molar-refractivity contribution in [3.63, 3.8) is 0 Å². The van der Waals surface area contributed by atoms with Crippen LogP contribution in [-0.2, 0) is 9.53 Å². The fourth-order valence-corrected chi connectivity index (χ4v) is 2.30. The molecule has 5 heteroatoms. The Morgan fingerprint density at radius 2 is 2.11 bits per heavy atom. The normalized spacial score (nSPS) is 30.1. The van der Waals surface area contributed by atoms with E-state index in [0.29, 0.717) is 45.4 Å². The van der Waals surface area contributed by atoms with Gasteiger partial charge in [0.25, 0.3) is 0 Å². The molecule has 0 saturated heterocycles. The SMILES string of the molecule is CCOCC(C)NCC1(O)CCC(C(=O)O)CC1. The molecule has 3 N–H and O–H groups in total. The van der Waals surface area contributed by atoms with Crippen molar-refractivity contribution in [2.45, 2.75) is 51.2 Å². The topological polar surface area (TPSA) is 78.8 Å². The summed E-state index contributed by atoms with van der Waals surface area (Å²) in [5, 5.41) is 22.5. The summed E-state index contributed by atoms with van der Waals surface area (Å²) < 4.78 is 5.29. The molecule has 106 valence electrons. The maximum atomic E-state index is 10.8. The Morgan fingerprint density at radius 1 is 1.50 bits per heavy atom. The van der Waals surface area contributed by atoms with E-state index < -0.39 is 11.6 Å². The number of nitrogens with one attached hydrogen (secondary N) is 1. The molecule has 1 unspecified atom stereocenters. The van der Waals surface area contributed by atoms with Gasteiger partial charge in [0.15, 0.2) is 0 Å². The van der Waals surface area contributed by atoms with Gasteiger partial charge in [-0.2, -0.15) is 0 Å². The van der Waals surface area contributed by atoms with Crippen molar-refractivity contribution >= 4 is 5.97 Å². The Kier molecular flexibility index (Phi) is 6.05. The van der Waals surface area contributed by atoms with Gasteiger partial charge in [-0.25, -0.2) is 0 Å². The molecule has 0 aromatic rings. The summed E-state index contributed by atoms with van der Waals surface area (Å²) in [5.74, 6) is -1.03. The van der Waals surface area contributed by atoms with E-state index in [9.17, 15) is 9.90 Å². The zero-order valence-electron chi connectivity index (χ0n) is 11.3. The van der Waals surface area contributed by atoms with Crippen LogP contribution in [-0.4, -0.2) is 47.6 Å². The highest BCUT2D eigenvalue weighted by Gasteiger charge is 2.35. The first-order valence-corrected chi connectivity index (χ1v) is 6.73. The van der Waals surface area contributed by atoms with Gasteiger partial charge in [0.05, 0.1) is 18.1 Å². The van der Waals surface area contributed by atoms with Crippen LogP contribution in [0.4, 0.5) is 0 Å². The van der Waals surface area contributed by atoms with Crippen LogP contribution in [0.25, 0.3) is 0 Å². The molecular weight excluding hydrogens is 234 g/mol. The summed E-state index contributed by atoms with van der Waals surface area (Å²) in [5.41, 5.74) is -0.758. The van der Waals surface area contributed by atoms with Gasteiger partial charge in [-0.15, -0.1) is 0 Å². The zero-order chi connectivity index (χ0) is 13.6. The van der Waals surface area contributed by atoms with Gasteiger partial charge in [0, 0.05) is 19.2 Å². The minimum Gasteiger partial charge on any atom is -0.481 e. The molecule has 0 aromatic carbocycles. The largest absolute Gasteiger partial charge is 0.481 e. The fraction of sp³-hybridized carbons (Fsp3) is 0.923. The average molecular weight is 259 g/mol. The van der Waals surface area contributed by atoms with Crippen LogP contribution >= 0.6 is 0 Å². The molecule has 0 aromatic heterocycles. The van der Waals surface area contributed by atoms with Gasteiger partial charge >= 0.3 is 5.97 Å². The first-order chi connectivity index (χ1) is 8.47. The highest BCUT2D eigenvalue weighted by atomic mass is 16.5. The van der Waals surface area contributed by atoms with Crippen molar-refractivity contribution in [3.05, 3.63) is 0 Å². The molecule has 1 rings (SSSR count). The van der Waals surface area contributed by atoms with Crippen LogP contribution in [0.1, 0.15) is 39.5 Å². The van der Waals surface area contributed by atoms with Crippen molar-refractivity contribution in [3.8, 4) is 0 Å². The maximum Gasteiger partial charge on any atom is 0.306 e. The van der Waals surface area contributed by atoms with E-state index in [-0.39, 0.29) is 12.0 Å². The predicted octanol–water partition coefficient (Wildman–Crippen LogP) is 1.01. The number of hydrogen-bond acceptors (Lipinski definition) is 4. The van der Waals surface area contributed by atoms with Crippen LogP contribution in [0.2, 0.25) is 0 Å². The van der Waals surface area contributed by atoms with Crippen molar-refractivity contribution in [2.24, 2.45) is 5.92 Å². The van der Waals surface area contributed by atoms with Crippen LogP contribution in [0, 0.1) is 5.92 Å². The molecule has 0 aliphatic heterocycles. The average Bonchev–Trinajstić information content (AvgIpc) is 2.34. The lowest BCUT2D eigenvalue weighted by atomic mass is 9.78. The molecule has 0 bridgehead atoms. The number of rotatable bonds is 7. The smallest absolute Gasteiger partial charge is 0.306 e. The van der Waals surface area contributed by atoms with E-state index in [2.05, 4.69) is 5.32 Å². The van der Waals surface area contributed by atoms with E-state index in [1.807, 2.05) is 13.8 Å². The molecular formula is C13H25NO4. The van der Waals surface area contributed by atoms with Crippen molar-refractivity contribution in [1.82, 2.24) is 5.32 Å². The Balaban J connectivity index is 2.27. The summed E-state index contributed by atoms with van der Waals surface area (Å²) in [7, 11) is 0. The van der Waals surface area contributed by atoms with Crippen molar-refractivity contribution in [2.75, 3.05) is 19.8 Å². The van der Waals surface area contributed by atoms with Crippen molar-refractivity contribution in [1.29, 1.82) is 0 Å². The lowest BCUT2D eigenvalue weighted by molar-refractivity contribution is -0.144. The molecule has 1 aliphatic carbocycles. The Hall–Kier alpha value is -0.650. The number of aliphatic hydroxyl groups is 1. The summed E-state index contributed by atoms with van der Waals surface area (Å²) in [6.07, 6.45) is 2.23. The third kappa shape index (κ3) is 4.92. The van der Waals surface area contributed by atoms with Gasteiger partial charge in [-0.05, 0) is 39.5 Å². The predicted molar refractivity (Wildman–Crippen MR) is 68.5 cm³/mol. The molecule has 0 heterocycles. The number of carbonyl (C=O) groups is 1. The van der Waals surface area contributed by atoms with E-state index in [4.69, 9.17) is 9.84 Å². The number of carboxylic acid groups (broad SMARTS) is 1. The van der Waals surface area contributed by atoms with Gasteiger partial charge in [0.2, 0.25) is 0 Å². The van der Waals surface area contributed by atoms with Crippen LogP contribution in [0.5, 0.6) is 0 Å². The Labute approximate surface area is 109 Å². The summed E-state index contributed by atoms with van der Waals surface area (Å²) in [6, 6.07) is 0.200. The molecule has 0 radical (unpaired) electrons. The van der Waals surface area contributed by atoms with E-state index >= 15 is 0 Å². The minimum atomic E-state index is -0.758. The Morgan fingerprint density at radius 3 is 2.61 bits per heavy atom. The van der Waals surface area contributed by atoms with E-state index in [1.54, 1.807) is 0 Å². The number of ether oxygens (including phenoxy) is 1. The van der Waals surface area contributed by atoms with Gasteiger partial charge in [-0.1, -0.05) is 0 Å². The van der Waals surface area contributed by atoms with Crippen LogP contribution < -0.4 is 5.32 Å². The first-order valence-electron chi connectivity index (χ1n) is 6.73. The fourth-order valence-electron chi connectivity index (χ4n) is 2.30.